The van der Waals surface area contributed by atoms with Gasteiger partial charge in [0.25, 0.3) is 0 Å². The monoisotopic (exact) mass is 397 g/mol. The number of hydrogen-bond acceptors (Lipinski definition) is 4. The van der Waals surface area contributed by atoms with E-state index in [1.54, 1.807) is 24.3 Å². The van der Waals surface area contributed by atoms with Crippen LogP contribution < -0.4 is 10.5 Å². The van der Waals surface area contributed by atoms with E-state index in [1.165, 1.54) is 0 Å². The van der Waals surface area contributed by atoms with Crippen molar-refractivity contribution in [2.24, 2.45) is 0 Å². The Morgan fingerprint density at radius 1 is 1.05 bits per heavy atom. The van der Waals surface area contributed by atoms with Crippen LogP contribution in [-0.4, -0.2) is 12.6 Å². The van der Waals surface area contributed by atoms with Crippen molar-refractivity contribution >= 4 is 34.2 Å². The summed E-state index contributed by atoms with van der Waals surface area (Å²) in [6.07, 6.45) is 0.217. The molecule has 0 aliphatic heterocycles. The lowest BCUT2D eigenvalue weighted by molar-refractivity contribution is -0.145. The number of rotatable bonds is 6. The van der Waals surface area contributed by atoms with Crippen LogP contribution in [0.2, 0.25) is 0 Å². The molecule has 2 aromatic carbocycles. The van der Waals surface area contributed by atoms with Crippen LogP contribution >= 0.6 is 22.6 Å². The van der Waals surface area contributed by atoms with Gasteiger partial charge in [0, 0.05) is 9.26 Å². The van der Waals surface area contributed by atoms with Gasteiger partial charge in [-0.25, -0.2) is 0 Å². The molecule has 4 nitrogen and oxygen atoms in total. The molecule has 0 aliphatic carbocycles. The molecule has 0 saturated carbocycles. The van der Waals surface area contributed by atoms with Crippen molar-refractivity contribution in [3.63, 3.8) is 0 Å². The summed E-state index contributed by atoms with van der Waals surface area (Å²) < 4.78 is 11.8. The molecule has 0 spiro atoms. The molecule has 0 radical (unpaired) electrons. The Balaban J connectivity index is 1.67. The predicted octanol–water partition coefficient (Wildman–Crippen LogP) is 3.39. The first-order valence-corrected chi connectivity index (χ1v) is 7.60. The molecular formula is C16H16INO3. The van der Waals surface area contributed by atoms with Crippen LogP contribution in [0.5, 0.6) is 5.75 Å². The Morgan fingerprint density at radius 3 is 2.38 bits per heavy atom. The minimum absolute atomic E-state index is 0.217. The van der Waals surface area contributed by atoms with E-state index in [0.29, 0.717) is 11.4 Å². The molecule has 2 aromatic rings. The van der Waals surface area contributed by atoms with E-state index < -0.39 is 0 Å². The van der Waals surface area contributed by atoms with Crippen molar-refractivity contribution in [1.29, 1.82) is 0 Å². The van der Waals surface area contributed by atoms with Crippen LogP contribution in [0, 0.1) is 3.57 Å². The zero-order valence-electron chi connectivity index (χ0n) is 11.4. The molecule has 0 saturated heterocycles. The lowest BCUT2D eigenvalue weighted by atomic mass is 10.2. The second kappa shape index (κ2) is 7.87. The molecule has 0 amide bonds. The lowest BCUT2D eigenvalue weighted by Gasteiger charge is -2.07. The molecule has 0 unspecified atom stereocenters. The van der Waals surface area contributed by atoms with Gasteiger partial charge in [-0.05, 0) is 64.6 Å². The molecule has 5 heteroatoms. The van der Waals surface area contributed by atoms with E-state index in [1.807, 2.05) is 24.3 Å². The molecule has 0 atom stereocenters. The topological polar surface area (TPSA) is 61.5 Å². The molecule has 2 N–H and O–H groups in total. The molecule has 2 rings (SSSR count). The number of ether oxygens (including phenoxy) is 2. The zero-order valence-corrected chi connectivity index (χ0v) is 13.6. The Labute approximate surface area is 137 Å². The highest BCUT2D eigenvalue weighted by molar-refractivity contribution is 14.1. The van der Waals surface area contributed by atoms with E-state index in [2.05, 4.69) is 22.6 Å². The van der Waals surface area contributed by atoms with Crippen LogP contribution in [0.1, 0.15) is 12.0 Å². The van der Waals surface area contributed by atoms with Crippen LogP contribution in [0.3, 0.4) is 0 Å². The van der Waals surface area contributed by atoms with Crippen molar-refractivity contribution in [3.8, 4) is 5.75 Å². The lowest BCUT2D eigenvalue weighted by Crippen LogP contribution is -2.10. The fraction of sp³-hybridized carbons (Fsp3) is 0.188. The van der Waals surface area contributed by atoms with E-state index in [-0.39, 0.29) is 25.6 Å². The van der Waals surface area contributed by atoms with Crippen molar-refractivity contribution < 1.29 is 14.3 Å². The predicted molar refractivity (Wildman–Crippen MR) is 89.9 cm³/mol. The Hall–Kier alpha value is -1.76. The SMILES string of the molecule is Nc1ccc(OCCC(=O)OCc2ccc(I)cc2)cc1. The third-order valence-corrected chi connectivity index (χ3v) is 3.49. The summed E-state index contributed by atoms with van der Waals surface area (Å²) in [7, 11) is 0. The summed E-state index contributed by atoms with van der Waals surface area (Å²) in [6, 6.07) is 14.9. The molecule has 0 heterocycles. The van der Waals surface area contributed by atoms with Crippen LogP contribution in [-0.2, 0) is 16.1 Å². The van der Waals surface area contributed by atoms with E-state index >= 15 is 0 Å². The molecular weight excluding hydrogens is 381 g/mol. The summed E-state index contributed by atoms with van der Waals surface area (Å²) in [6.45, 7) is 0.576. The fourth-order valence-corrected chi connectivity index (χ4v) is 1.99. The first-order chi connectivity index (χ1) is 10.1. The third-order valence-electron chi connectivity index (χ3n) is 2.77. The highest BCUT2D eigenvalue weighted by atomic mass is 127. The minimum Gasteiger partial charge on any atom is -0.493 e. The average Bonchev–Trinajstić information content (AvgIpc) is 2.49. The quantitative estimate of drug-likeness (QED) is 0.461. The highest BCUT2D eigenvalue weighted by Crippen LogP contribution is 2.13. The zero-order chi connectivity index (χ0) is 15.1. The molecule has 0 bridgehead atoms. The highest BCUT2D eigenvalue weighted by Gasteiger charge is 2.04. The normalized spacial score (nSPS) is 10.1. The van der Waals surface area contributed by atoms with E-state index in [9.17, 15) is 4.79 Å². The number of esters is 1. The van der Waals surface area contributed by atoms with E-state index in [0.717, 1.165) is 9.13 Å². The number of carbonyl (C=O) groups is 1. The van der Waals surface area contributed by atoms with Crippen molar-refractivity contribution in [1.82, 2.24) is 0 Å². The maximum atomic E-state index is 11.6. The number of benzene rings is 2. The second-order valence-corrected chi connectivity index (χ2v) is 5.70. The van der Waals surface area contributed by atoms with Crippen molar-refractivity contribution in [2.45, 2.75) is 13.0 Å². The maximum Gasteiger partial charge on any atom is 0.309 e. The maximum absolute atomic E-state index is 11.6. The Kier molecular flexibility index (Phi) is 5.86. The number of halogens is 1. The van der Waals surface area contributed by atoms with Gasteiger partial charge >= 0.3 is 5.97 Å². The van der Waals surface area contributed by atoms with Gasteiger partial charge in [-0.15, -0.1) is 0 Å². The van der Waals surface area contributed by atoms with E-state index in [4.69, 9.17) is 15.2 Å². The standard InChI is InChI=1S/C16H16INO3/c17-13-3-1-12(2-4-13)11-21-16(19)9-10-20-15-7-5-14(18)6-8-15/h1-8H,9-11,18H2. The van der Waals surface area contributed by atoms with Gasteiger partial charge in [0.05, 0.1) is 13.0 Å². The van der Waals surface area contributed by atoms with Gasteiger partial charge in [0.2, 0.25) is 0 Å². The van der Waals surface area contributed by atoms with Crippen LogP contribution in [0.15, 0.2) is 48.5 Å². The van der Waals surface area contributed by atoms with Crippen LogP contribution in [0.25, 0.3) is 0 Å². The third kappa shape index (κ3) is 5.63. The largest absolute Gasteiger partial charge is 0.493 e. The number of nitrogens with two attached hydrogens (primary N) is 1. The van der Waals surface area contributed by atoms with Crippen LogP contribution in [0.4, 0.5) is 5.69 Å². The number of carbonyl (C=O) groups excluding carboxylic acids is 1. The summed E-state index contributed by atoms with van der Waals surface area (Å²) in [5, 5.41) is 0. The molecule has 110 valence electrons. The summed E-state index contributed by atoms with van der Waals surface area (Å²) in [4.78, 5) is 11.6. The minimum atomic E-state index is -0.274. The van der Waals surface area contributed by atoms with Gasteiger partial charge < -0.3 is 15.2 Å². The average molecular weight is 397 g/mol. The smallest absolute Gasteiger partial charge is 0.309 e. The first-order valence-electron chi connectivity index (χ1n) is 6.52. The first kappa shape index (κ1) is 15.6. The summed E-state index contributed by atoms with van der Waals surface area (Å²) >= 11 is 2.23. The van der Waals surface area contributed by atoms with Gasteiger partial charge in [-0.2, -0.15) is 0 Å². The van der Waals surface area contributed by atoms with Gasteiger partial charge in [0.1, 0.15) is 12.4 Å². The molecule has 0 aromatic heterocycles. The second-order valence-electron chi connectivity index (χ2n) is 4.45. The molecule has 21 heavy (non-hydrogen) atoms. The van der Waals surface area contributed by atoms with Gasteiger partial charge in [-0.1, -0.05) is 12.1 Å². The van der Waals surface area contributed by atoms with Crippen molar-refractivity contribution in [2.75, 3.05) is 12.3 Å². The molecule has 0 fully saturated rings. The number of nitrogen functional groups attached to an aromatic ring is 1. The fourth-order valence-electron chi connectivity index (χ4n) is 1.63. The van der Waals surface area contributed by atoms with Gasteiger partial charge in [0.15, 0.2) is 0 Å². The Bertz CT molecular complexity index is 581. The number of hydrogen-bond donors (Lipinski definition) is 1. The molecule has 0 aliphatic rings. The van der Waals surface area contributed by atoms with Crippen molar-refractivity contribution in [3.05, 3.63) is 57.7 Å². The Morgan fingerprint density at radius 2 is 1.71 bits per heavy atom. The summed E-state index contributed by atoms with van der Waals surface area (Å²) in [5.74, 6) is 0.415. The summed E-state index contributed by atoms with van der Waals surface area (Å²) in [5.41, 5.74) is 7.23. The number of anilines is 1. The van der Waals surface area contributed by atoms with Gasteiger partial charge in [-0.3, -0.25) is 4.79 Å².